The Labute approximate surface area is 119 Å². The zero-order valence-corrected chi connectivity index (χ0v) is 11.5. The summed E-state index contributed by atoms with van der Waals surface area (Å²) in [7, 11) is 0. The van der Waals surface area contributed by atoms with Crippen molar-refractivity contribution in [1.82, 2.24) is 9.97 Å². The fourth-order valence-electron chi connectivity index (χ4n) is 1.94. The largest absolute Gasteiger partial charge is 0.337 e. The predicted octanol–water partition coefficient (Wildman–Crippen LogP) is 4.14. The van der Waals surface area contributed by atoms with E-state index in [9.17, 15) is 9.65 Å². The summed E-state index contributed by atoms with van der Waals surface area (Å²) in [5.41, 5.74) is 1.66. The van der Waals surface area contributed by atoms with Crippen LogP contribution in [0.3, 0.4) is 0 Å². The average Bonchev–Trinajstić information content (AvgIpc) is 3.01. The fourth-order valence-corrected chi connectivity index (χ4v) is 2.76. The Morgan fingerprint density at radius 1 is 1.40 bits per heavy atom. The molecule has 0 unspecified atom stereocenters. The molecule has 0 radical (unpaired) electrons. The van der Waals surface area contributed by atoms with Crippen molar-refractivity contribution in [3.8, 4) is 6.07 Å². The van der Waals surface area contributed by atoms with E-state index in [2.05, 4.69) is 16.0 Å². The molecule has 0 aliphatic rings. The van der Waals surface area contributed by atoms with Gasteiger partial charge in [0.25, 0.3) is 0 Å². The number of halogens is 1. The number of nitrogens with zero attached hydrogens (tertiary/aromatic N) is 2. The van der Waals surface area contributed by atoms with Crippen molar-refractivity contribution < 1.29 is 4.39 Å². The minimum absolute atomic E-state index is 0.330. The number of hydrogen-bond acceptors (Lipinski definition) is 3. The van der Waals surface area contributed by atoms with E-state index in [1.54, 1.807) is 23.5 Å². The lowest BCUT2D eigenvalue weighted by atomic mass is 10.2. The summed E-state index contributed by atoms with van der Waals surface area (Å²) in [5, 5.41) is 9.28. The van der Waals surface area contributed by atoms with E-state index in [1.165, 1.54) is 17.0 Å². The van der Waals surface area contributed by atoms with Gasteiger partial charge in [-0.2, -0.15) is 5.26 Å². The summed E-state index contributed by atoms with van der Waals surface area (Å²) < 4.78 is 13.2. The molecule has 3 rings (SSSR count). The zero-order chi connectivity index (χ0) is 14.1. The van der Waals surface area contributed by atoms with E-state index in [-0.39, 0.29) is 5.82 Å². The maximum atomic E-state index is 13.2. The van der Waals surface area contributed by atoms with Gasteiger partial charge >= 0.3 is 0 Å². The molecule has 0 spiro atoms. The molecule has 2 aromatic heterocycles. The number of aromatic nitrogens is 2. The van der Waals surface area contributed by atoms with Gasteiger partial charge in [-0.25, -0.2) is 9.37 Å². The molecule has 1 N–H and O–H groups in total. The standard InChI is InChI=1S/C15H10FN3S/c1-9-2-4-12(20-9)6-10(8-17)15-18-13-5-3-11(16)7-14(13)19-15/h2-7H,1H3,(H,18,19)/b10-6-. The first-order valence-electron chi connectivity index (χ1n) is 5.99. The highest BCUT2D eigenvalue weighted by atomic mass is 32.1. The first kappa shape index (κ1) is 12.6. The van der Waals surface area contributed by atoms with Crippen molar-refractivity contribution in [1.29, 1.82) is 5.26 Å². The number of nitrogens with one attached hydrogen (secondary N) is 1. The van der Waals surface area contributed by atoms with Crippen molar-refractivity contribution >= 4 is 34.0 Å². The van der Waals surface area contributed by atoms with Gasteiger partial charge in [0.1, 0.15) is 17.7 Å². The number of thiophene rings is 1. The second-order valence-electron chi connectivity index (χ2n) is 4.37. The normalized spacial score (nSPS) is 11.8. The van der Waals surface area contributed by atoms with E-state index < -0.39 is 0 Å². The molecule has 0 atom stereocenters. The number of imidazole rings is 1. The highest BCUT2D eigenvalue weighted by Crippen LogP contribution is 2.23. The summed E-state index contributed by atoms with van der Waals surface area (Å²) in [6.07, 6.45) is 1.78. The van der Waals surface area contributed by atoms with Gasteiger partial charge in [0.2, 0.25) is 0 Å². The smallest absolute Gasteiger partial charge is 0.149 e. The number of hydrogen-bond donors (Lipinski definition) is 1. The second-order valence-corrected chi connectivity index (χ2v) is 5.68. The Kier molecular flexibility index (Phi) is 3.09. The highest BCUT2D eigenvalue weighted by molar-refractivity contribution is 7.12. The van der Waals surface area contributed by atoms with Crippen LogP contribution < -0.4 is 0 Å². The number of aryl methyl sites for hydroxylation is 1. The van der Waals surface area contributed by atoms with Crippen LogP contribution >= 0.6 is 11.3 Å². The minimum Gasteiger partial charge on any atom is -0.337 e. The molecule has 1 aromatic carbocycles. The first-order valence-corrected chi connectivity index (χ1v) is 6.81. The Morgan fingerprint density at radius 2 is 2.25 bits per heavy atom. The molecule has 98 valence electrons. The topological polar surface area (TPSA) is 52.5 Å². The number of fused-ring (bicyclic) bond motifs is 1. The predicted molar refractivity (Wildman–Crippen MR) is 78.6 cm³/mol. The van der Waals surface area contributed by atoms with Gasteiger partial charge < -0.3 is 4.98 Å². The van der Waals surface area contributed by atoms with Crippen LogP contribution in [-0.2, 0) is 0 Å². The van der Waals surface area contributed by atoms with Crippen LogP contribution in [0.4, 0.5) is 4.39 Å². The molecule has 3 nitrogen and oxygen atoms in total. The summed E-state index contributed by atoms with van der Waals surface area (Å²) >= 11 is 1.61. The number of H-pyrrole nitrogens is 1. The third kappa shape index (κ3) is 2.33. The maximum absolute atomic E-state index is 13.2. The fraction of sp³-hybridized carbons (Fsp3) is 0.0667. The number of nitriles is 1. The lowest BCUT2D eigenvalue weighted by Gasteiger charge is -1.91. The molecule has 2 heterocycles. The lowest BCUT2D eigenvalue weighted by Crippen LogP contribution is -1.83. The molecule has 0 aliphatic heterocycles. The Morgan fingerprint density at radius 3 is 2.95 bits per heavy atom. The number of benzene rings is 1. The van der Waals surface area contributed by atoms with Gasteiger partial charge in [0.05, 0.1) is 16.6 Å². The van der Waals surface area contributed by atoms with Gasteiger partial charge in [-0.15, -0.1) is 11.3 Å². The molecule has 0 amide bonds. The Bertz CT molecular complexity index is 852. The molecule has 3 aromatic rings. The molecule has 0 saturated carbocycles. The van der Waals surface area contributed by atoms with Gasteiger partial charge in [0, 0.05) is 9.75 Å². The Balaban J connectivity index is 2.07. The summed E-state index contributed by atoms with van der Waals surface area (Å²) in [6, 6.07) is 10.4. The van der Waals surface area contributed by atoms with Crippen molar-refractivity contribution in [3.63, 3.8) is 0 Å². The van der Waals surface area contributed by atoms with Gasteiger partial charge in [0.15, 0.2) is 0 Å². The van der Waals surface area contributed by atoms with Crippen molar-refractivity contribution in [2.45, 2.75) is 6.92 Å². The van der Waals surface area contributed by atoms with Gasteiger partial charge in [-0.3, -0.25) is 0 Å². The van der Waals surface area contributed by atoms with E-state index in [0.29, 0.717) is 22.4 Å². The number of allylic oxidation sites excluding steroid dienone is 1. The summed E-state index contributed by atoms with van der Waals surface area (Å²) in [6.45, 7) is 2.01. The van der Waals surface area contributed by atoms with Crippen molar-refractivity contribution in [3.05, 3.63) is 51.7 Å². The average molecular weight is 283 g/mol. The van der Waals surface area contributed by atoms with Crippen LogP contribution in [0.1, 0.15) is 15.6 Å². The SMILES string of the molecule is Cc1ccc(/C=C(/C#N)c2nc3ccc(F)cc3[nH]2)s1. The monoisotopic (exact) mass is 283 g/mol. The van der Waals surface area contributed by atoms with E-state index in [1.807, 2.05) is 19.1 Å². The minimum atomic E-state index is -0.330. The number of aromatic amines is 1. The van der Waals surface area contributed by atoms with Crippen LogP contribution in [0.15, 0.2) is 30.3 Å². The maximum Gasteiger partial charge on any atom is 0.149 e. The van der Waals surface area contributed by atoms with Crippen LogP contribution in [0.2, 0.25) is 0 Å². The lowest BCUT2D eigenvalue weighted by molar-refractivity contribution is 0.629. The van der Waals surface area contributed by atoms with Crippen LogP contribution in [-0.4, -0.2) is 9.97 Å². The van der Waals surface area contributed by atoms with Crippen molar-refractivity contribution in [2.75, 3.05) is 0 Å². The molecule has 0 bridgehead atoms. The molecular weight excluding hydrogens is 273 g/mol. The summed E-state index contributed by atoms with van der Waals surface area (Å²) in [5.74, 6) is 0.128. The van der Waals surface area contributed by atoms with Gasteiger partial charge in [-0.05, 0) is 43.3 Å². The van der Waals surface area contributed by atoms with E-state index in [0.717, 1.165) is 4.88 Å². The number of rotatable bonds is 2. The molecule has 0 aliphatic carbocycles. The zero-order valence-electron chi connectivity index (χ0n) is 10.6. The van der Waals surface area contributed by atoms with E-state index in [4.69, 9.17) is 0 Å². The molecule has 20 heavy (non-hydrogen) atoms. The van der Waals surface area contributed by atoms with Gasteiger partial charge in [-0.1, -0.05) is 0 Å². The highest BCUT2D eigenvalue weighted by Gasteiger charge is 2.09. The molecule has 0 saturated heterocycles. The molecule has 0 fully saturated rings. The second kappa shape index (κ2) is 4.91. The first-order chi connectivity index (χ1) is 9.65. The van der Waals surface area contributed by atoms with Crippen LogP contribution in [0, 0.1) is 24.1 Å². The van der Waals surface area contributed by atoms with E-state index >= 15 is 0 Å². The quantitative estimate of drug-likeness (QED) is 0.719. The van der Waals surface area contributed by atoms with Crippen molar-refractivity contribution in [2.24, 2.45) is 0 Å². The van der Waals surface area contributed by atoms with Crippen LogP contribution in [0.25, 0.3) is 22.7 Å². The molecular formula is C15H10FN3S. The molecule has 5 heteroatoms. The third-order valence-corrected chi connectivity index (χ3v) is 3.81. The summed E-state index contributed by atoms with van der Waals surface area (Å²) in [4.78, 5) is 9.47. The Hall–Kier alpha value is -2.45. The third-order valence-electron chi connectivity index (χ3n) is 2.87. The van der Waals surface area contributed by atoms with Crippen LogP contribution in [0.5, 0.6) is 0 Å².